The van der Waals surface area contributed by atoms with E-state index in [9.17, 15) is 14.4 Å². The molecule has 2 aliphatic rings. The van der Waals surface area contributed by atoms with Gasteiger partial charge >= 0.3 is 5.97 Å². The molecule has 0 saturated carbocycles. The lowest BCUT2D eigenvalue weighted by Gasteiger charge is -2.33. The minimum atomic E-state index is -1.58. The number of halogens is 2. The number of fused-ring (bicyclic) bond motifs is 1. The van der Waals surface area contributed by atoms with Crippen LogP contribution >= 0.6 is 23.2 Å². The Balaban J connectivity index is 1.74. The standard InChI is InChI=1S/C26H20Cl2N2O4/c1-34-25(33)26(15-7-3-2-4-8-15)21-20(22(29-26)18-9-5-6-10-19(18)28)23(31)30(24(21)32)17-13-11-16(27)12-14-17/h2-14,20-22,29H,1H3/t20-,21+,22-,26-/m1/s1. The van der Waals surface area contributed by atoms with Crippen LogP contribution in [-0.4, -0.2) is 24.9 Å². The summed E-state index contributed by atoms with van der Waals surface area (Å²) in [6.45, 7) is 0. The van der Waals surface area contributed by atoms with Crippen LogP contribution in [0.4, 0.5) is 5.69 Å². The smallest absolute Gasteiger partial charge is 0.331 e. The summed E-state index contributed by atoms with van der Waals surface area (Å²) in [5.74, 6) is -3.50. The lowest BCUT2D eigenvalue weighted by Crippen LogP contribution is -2.53. The number of methoxy groups -OCH3 is 1. The first-order valence-electron chi connectivity index (χ1n) is 10.7. The maximum atomic E-state index is 13.9. The molecule has 2 saturated heterocycles. The molecule has 4 atom stereocenters. The van der Waals surface area contributed by atoms with Crippen LogP contribution in [-0.2, 0) is 24.7 Å². The van der Waals surface area contributed by atoms with Crippen molar-refractivity contribution in [2.45, 2.75) is 11.6 Å². The van der Waals surface area contributed by atoms with Gasteiger partial charge in [-0.05, 0) is 41.5 Å². The van der Waals surface area contributed by atoms with Gasteiger partial charge in [-0.15, -0.1) is 0 Å². The molecule has 2 heterocycles. The molecule has 0 radical (unpaired) electrons. The molecule has 1 N–H and O–H groups in total. The molecule has 0 unspecified atom stereocenters. The van der Waals surface area contributed by atoms with E-state index in [4.69, 9.17) is 27.9 Å². The number of carbonyl (C=O) groups excluding carboxylic acids is 3. The Morgan fingerprint density at radius 3 is 2.21 bits per heavy atom. The number of imide groups is 1. The number of carbonyl (C=O) groups is 3. The summed E-state index contributed by atoms with van der Waals surface area (Å²) in [5, 5.41) is 4.23. The molecule has 3 aromatic rings. The van der Waals surface area contributed by atoms with E-state index in [1.54, 1.807) is 72.8 Å². The van der Waals surface area contributed by atoms with Crippen molar-refractivity contribution in [1.82, 2.24) is 5.32 Å². The van der Waals surface area contributed by atoms with Crippen molar-refractivity contribution in [2.24, 2.45) is 11.8 Å². The Morgan fingerprint density at radius 1 is 0.912 bits per heavy atom. The summed E-state index contributed by atoms with van der Waals surface area (Å²) in [6, 6.07) is 21.7. The zero-order chi connectivity index (χ0) is 24.0. The predicted molar refractivity (Wildman–Crippen MR) is 128 cm³/mol. The molecule has 3 aromatic carbocycles. The molecule has 172 valence electrons. The average Bonchev–Trinajstić information content (AvgIpc) is 3.34. The Bertz CT molecular complexity index is 1280. The quantitative estimate of drug-likeness (QED) is 0.426. The van der Waals surface area contributed by atoms with Gasteiger partial charge in [-0.1, -0.05) is 71.7 Å². The second-order valence-corrected chi connectivity index (χ2v) is 9.14. The highest BCUT2D eigenvalue weighted by molar-refractivity contribution is 6.32. The molecule has 2 amide bonds. The van der Waals surface area contributed by atoms with Crippen LogP contribution in [0.15, 0.2) is 78.9 Å². The highest BCUT2D eigenvalue weighted by Crippen LogP contribution is 2.54. The number of hydrogen-bond donors (Lipinski definition) is 1. The van der Waals surface area contributed by atoms with Crippen LogP contribution in [0.2, 0.25) is 10.0 Å². The van der Waals surface area contributed by atoms with Crippen molar-refractivity contribution in [3.63, 3.8) is 0 Å². The third-order valence-corrected chi connectivity index (χ3v) is 7.22. The van der Waals surface area contributed by atoms with Gasteiger partial charge < -0.3 is 4.74 Å². The Morgan fingerprint density at radius 2 is 1.56 bits per heavy atom. The fourth-order valence-corrected chi connectivity index (χ4v) is 5.56. The fourth-order valence-electron chi connectivity index (χ4n) is 5.18. The van der Waals surface area contributed by atoms with Gasteiger partial charge in [0.05, 0.1) is 24.6 Å². The van der Waals surface area contributed by atoms with Crippen molar-refractivity contribution in [2.75, 3.05) is 12.0 Å². The van der Waals surface area contributed by atoms with Gasteiger partial charge in [0, 0.05) is 16.1 Å². The molecule has 0 spiro atoms. The van der Waals surface area contributed by atoms with Crippen molar-refractivity contribution >= 4 is 46.7 Å². The van der Waals surface area contributed by atoms with E-state index in [-0.39, 0.29) is 0 Å². The Kier molecular flexibility index (Phi) is 5.68. The molecule has 34 heavy (non-hydrogen) atoms. The van der Waals surface area contributed by atoms with Crippen LogP contribution in [0.25, 0.3) is 0 Å². The third kappa shape index (κ3) is 3.25. The molecule has 0 aliphatic carbocycles. The summed E-state index contributed by atoms with van der Waals surface area (Å²) in [5.41, 5.74) is -0.0395. The number of rotatable bonds is 4. The van der Waals surface area contributed by atoms with Gasteiger partial charge in [-0.3, -0.25) is 14.9 Å². The molecule has 0 bridgehead atoms. The number of esters is 1. The van der Waals surface area contributed by atoms with Crippen LogP contribution in [0.1, 0.15) is 17.2 Å². The van der Waals surface area contributed by atoms with Crippen molar-refractivity contribution < 1.29 is 19.1 Å². The van der Waals surface area contributed by atoms with Gasteiger partial charge in [-0.2, -0.15) is 0 Å². The molecular weight excluding hydrogens is 475 g/mol. The molecule has 5 rings (SSSR count). The summed E-state index contributed by atoms with van der Waals surface area (Å²) >= 11 is 12.5. The molecule has 0 aromatic heterocycles. The van der Waals surface area contributed by atoms with E-state index >= 15 is 0 Å². The van der Waals surface area contributed by atoms with Gasteiger partial charge in [0.2, 0.25) is 11.8 Å². The van der Waals surface area contributed by atoms with E-state index in [0.29, 0.717) is 26.9 Å². The Hall–Kier alpha value is -3.19. The van der Waals surface area contributed by atoms with Crippen LogP contribution in [0.5, 0.6) is 0 Å². The van der Waals surface area contributed by atoms with E-state index in [1.165, 1.54) is 7.11 Å². The summed E-state index contributed by atoms with van der Waals surface area (Å²) in [4.78, 5) is 42.4. The fraction of sp³-hybridized carbons (Fsp3) is 0.192. The average molecular weight is 495 g/mol. The first-order chi connectivity index (χ1) is 16.4. The summed E-state index contributed by atoms with van der Waals surface area (Å²) in [6.07, 6.45) is 0. The normalized spacial score (nSPS) is 26.0. The number of amides is 2. The summed E-state index contributed by atoms with van der Waals surface area (Å²) < 4.78 is 5.22. The highest BCUT2D eigenvalue weighted by atomic mass is 35.5. The zero-order valence-corrected chi connectivity index (χ0v) is 19.6. The van der Waals surface area contributed by atoms with Gasteiger partial charge in [0.25, 0.3) is 0 Å². The largest absolute Gasteiger partial charge is 0.467 e. The molecular formula is C26H20Cl2N2O4. The molecule has 6 nitrogen and oxygen atoms in total. The minimum absolute atomic E-state index is 0.388. The van der Waals surface area contributed by atoms with Crippen molar-refractivity contribution in [3.8, 4) is 0 Å². The topological polar surface area (TPSA) is 75.7 Å². The van der Waals surface area contributed by atoms with E-state index in [0.717, 1.165) is 4.90 Å². The van der Waals surface area contributed by atoms with Crippen LogP contribution in [0.3, 0.4) is 0 Å². The first-order valence-corrected chi connectivity index (χ1v) is 11.4. The monoisotopic (exact) mass is 494 g/mol. The lowest BCUT2D eigenvalue weighted by molar-refractivity contribution is -0.152. The number of nitrogens with zero attached hydrogens (tertiary/aromatic N) is 1. The van der Waals surface area contributed by atoms with E-state index in [1.807, 2.05) is 6.07 Å². The SMILES string of the molecule is COC(=O)[C@]1(c2ccccc2)N[C@H](c2ccccc2Cl)[C@@H]2C(=O)N(c3ccc(Cl)cc3)C(=O)[C@H]21. The maximum Gasteiger partial charge on any atom is 0.331 e. The van der Waals surface area contributed by atoms with Crippen LogP contribution in [0, 0.1) is 11.8 Å². The molecule has 8 heteroatoms. The third-order valence-electron chi connectivity index (χ3n) is 6.62. The van der Waals surface area contributed by atoms with Gasteiger partial charge in [-0.25, -0.2) is 9.69 Å². The molecule has 2 aliphatic heterocycles. The van der Waals surface area contributed by atoms with Gasteiger partial charge in [0.15, 0.2) is 5.54 Å². The number of ether oxygens (including phenoxy) is 1. The van der Waals surface area contributed by atoms with E-state index in [2.05, 4.69) is 5.32 Å². The van der Waals surface area contributed by atoms with Gasteiger partial charge in [0.1, 0.15) is 0 Å². The second kappa shape index (κ2) is 8.55. The van der Waals surface area contributed by atoms with E-state index < -0.39 is 41.2 Å². The number of benzene rings is 3. The van der Waals surface area contributed by atoms with Crippen LogP contribution < -0.4 is 10.2 Å². The Labute approximate surface area is 206 Å². The predicted octanol–water partition coefficient (Wildman–Crippen LogP) is 4.51. The highest BCUT2D eigenvalue weighted by Gasteiger charge is 2.69. The van der Waals surface area contributed by atoms with Crippen molar-refractivity contribution in [1.29, 1.82) is 0 Å². The first kappa shape index (κ1) is 22.6. The lowest BCUT2D eigenvalue weighted by atomic mass is 9.75. The van der Waals surface area contributed by atoms with Crippen molar-refractivity contribution in [3.05, 3.63) is 100 Å². The number of hydrogen-bond acceptors (Lipinski definition) is 5. The maximum absolute atomic E-state index is 13.9. The number of anilines is 1. The zero-order valence-electron chi connectivity index (χ0n) is 18.1. The molecule has 2 fully saturated rings. The minimum Gasteiger partial charge on any atom is -0.467 e. The summed E-state index contributed by atoms with van der Waals surface area (Å²) in [7, 11) is 1.27. The number of nitrogens with one attached hydrogen (secondary N) is 1. The second-order valence-electron chi connectivity index (χ2n) is 8.30.